The lowest BCUT2D eigenvalue weighted by Gasteiger charge is -2.33. The van der Waals surface area contributed by atoms with E-state index >= 15 is 0 Å². The second kappa shape index (κ2) is 6.52. The van der Waals surface area contributed by atoms with E-state index in [1.807, 2.05) is 13.0 Å². The highest BCUT2D eigenvalue weighted by molar-refractivity contribution is 6.07. The van der Waals surface area contributed by atoms with Crippen molar-refractivity contribution in [3.8, 4) is 22.5 Å². The fraction of sp³-hybridized carbons (Fsp3) is 0.348. The van der Waals surface area contributed by atoms with Crippen LogP contribution >= 0.6 is 0 Å². The van der Waals surface area contributed by atoms with Gasteiger partial charge in [-0.2, -0.15) is 5.10 Å². The summed E-state index contributed by atoms with van der Waals surface area (Å²) < 4.78 is 0. The number of carbonyl (C=O) groups excluding carboxylic acids is 1. The van der Waals surface area contributed by atoms with Gasteiger partial charge in [0.1, 0.15) is 5.82 Å². The van der Waals surface area contributed by atoms with Crippen molar-refractivity contribution < 1.29 is 9.90 Å². The molecule has 1 aliphatic carbocycles. The molecule has 1 spiro atoms. The minimum absolute atomic E-state index is 0.0678. The molecule has 0 atom stereocenters. The van der Waals surface area contributed by atoms with Crippen molar-refractivity contribution >= 4 is 11.6 Å². The number of nitrogens with one attached hydrogen (secondary N) is 2. The third kappa shape index (κ3) is 2.86. The Morgan fingerprint density at radius 1 is 1.07 bits per heavy atom. The van der Waals surface area contributed by atoms with Crippen LogP contribution in [0.15, 0.2) is 36.4 Å². The zero-order valence-corrected chi connectivity index (χ0v) is 16.6. The number of rotatable bonds is 2. The Morgan fingerprint density at radius 2 is 1.83 bits per heavy atom. The fourth-order valence-electron chi connectivity index (χ4n) is 4.73. The van der Waals surface area contributed by atoms with E-state index in [0.29, 0.717) is 31.5 Å². The highest BCUT2D eigenvalue weighted by atomic mass is 16.3. The lowest BCUT2D eigenvalue weighted by molar-refractivity contribution is -0.122. The summed E-state index contributed by atoms with van der Waals surface area (Å²) in [6.07, 6.45) is 2.45. The monoisotopic (exact) mass is 388 g/mol. The topological polar surface area (TPSA) is 90.9 Å². The second-order valence-electron chi connectivity index (χ2n) is 8.30. The molecule has 29 heavy (non-hydrogen) atoms. The van der Waals surface area contributed by atoms with E-state index in [1.165, 1.54) is 0 Å². The first-order valence-electron chi connectivity index (χ1n) is 10.1. The number of hydrogen-bond donors (Lipinski definition) is 3. The number of nitrogens with zero attached hydrogens (tertiary/aromatic N) is 2. The number of hydrogen-bond acceptors (Lipinski definition) is 4. The molecule has 0 unspecified atom stereocenters. The van der Waals surface area contributed by atoms with Gasteiger partial charge in [-0.05, 0) is 73.9 Å². The summed E-state index contributed by atoms with van der Waals surface area (Å²) in [6.45, 7) is 3.97. The van der Waals surface area contributed by atoms with Gasteiger partial charge in [-0.15, -0.1) is 0 Å². The summed E-state index contributed by atoms with van der Waals surface area (Å²) in [5, 5.41) is 20.1. The van der Waals surface area contributed by atoms with E-state index in [1.54, 1.807) is 0 Å². The molecule has 2 heterocycles. The first-order valence-corrected chi connectivity index (χ1v) is 10.1. The molecule has 3 N–H and O–H groups in total. The number of fused-ring (bicyclic) bond motifs is 2. The van der Waals surface area contributed by atoms with Gasteiger partial charge in [-0.25, -0.2) is 4.98 Å². The second-order valence-corrected chi connectivity index (χ2v) is 8.30. The van der Waals surface area contributed by atoms with Crippen LogP contribution in [-0.2, 0) is 10.2 Å². The molecule has 1 fully saturated rings. The van der Waals surface area contributed by atoms with Gasteiger partial charge in [0.15, 0.2) is 5.82 Å². The van der Waals surface area contributed by atoms with E-state index < -0.39 is 5.41 Å². The molecule has 1 aliphatic heterocycles. The van der Waals surface area contributed by atoms with Gasteiger partial charge in [0, 0.05) is 11.3 Å². The van der Waals surface area contributed by atoms with Crippen molar-refractivity contribution in [2.24, 2.45) is 0 Å². The van der Waals surface area contributed by atoms with E-state index in [9.17, 15) is 9.90 Å². The molecule has 6 nitrogen and oxygen atoms in total. The predicted octanol–water partition coefficient (Wildman–Crippen LogP) is 3.88. The third-order valence-electron chi connectivity index (χ3n) is 6.43. The lowest BCUT2D eigenvalue weighted by Crippen LogP contribution is -2.39. The number of anilines is 1. The number of amides is 1. The summed E-state index contributed by atoms with van der Waals surface area (Å²) in [5.41, 5.74) is 5.74. The molecule has 5 rings (SSSR count). The number of H-pyrrole nitrogens is 1. The summed E-state index contributed by atoms with van der Waals surface area (Å²) in [6, 6.07) is 12.5. The maximum absolute atomic E-state index is 12.9. The smallest absolute Gasteiger partial charge is 0.235 e. The average Bonchev–Trinajstić information content (AvgIpc) is 3.26. The number of carbonyl (C=O) groups is 1. The van der Waals surface area contributed by atoms with E-state index in [2.05, 4.69) is 57.8 Å². The van der Waals surface area contributed by atoms with Gasteiger partial charge >= 0.3 is 0 Å². The van der Waals surface area contributed by atoms with E-state index in [0.717, 1.165) is 39.3 Å². The Balaban J connectivity index is 1.55. The van der Waals surface area contributed by atoms with Crippen LogP contribution < -0.4 is 5.32 Å². The van der Waals surface area contributed by atoms with Crippen molar-refractivity contribution in [1.82, 2.24) is 15.2 Å². The molecule has 0 saturated heterocycles. The first kappa shape index (κ1) is 18.1. The highest BCUT2D eigenvalue weighted by Gasteiger charge is 2.48. The Morgan fingerprint density at radius 3 is 2.55 bits per heavy atom. The third-order valence-corrected chi connectivity index (χ3v) is 6.43. The number of benzene rings is 2. The fourth-order valence-corrected chi connectivity index (χ4v) is 4.73. The lowest BCUT2D eigenvalue weighted by atomic mass is 9.69. The largest absolute Gasteiger partial charge is 0.393 e. The standard InChI is InChI=1S/C23H24N4O2/c1-13-3-4-16(21-24-14(2)26-27-21)11-18(13)15-5-6-19-20(12-15)25-22(29)23(19)9-7-17(28)8-10-23/h3-6,11-12,17,28H,7-10H2,1-2H3,(H,25,29)(H,24,26,27). The van der Waals surface area contributed by atoms with Crippen molar-refractivity contribution in [2.45, 2.75) is 51.0 Å². The van der Waals surface area contributed by atoms with Gasteiger partial charge in [0.2, 0.25) is 5.91 Å². The van der Waals surface area contributed by atoms with Crippen LogP contribution in [0.2, 0.25) is 0 Å². The Kier molecular flexibility index (Phi) is 4.06. The molecule has 0 bridgehead atoms. The Hall–Kier alpha value is -2.99. The highest BCUT2D eigenvalue weighted by Crippen LogP contribution is 2.48. The van der Waals surface area contributed by atoms with Gasteiger partial charge in [-0.1, -0.05) is 24.3 Å². The number of aliphatic hydroxyl groups excluding tert-OH is 1. The summed E-state index contributed by atoms with van der Waals surface area (Å²) >= 11 is 0. The van der Waals surface area contributed by atoms with Crippen LogP contribution in [0.4, 0.5) is 5.69 Å². The van der Waals surface area contributed by atoms with Crippen molar-refractivity contribution in [1.29, 1.82) is 0 Å². The average molecular weight is 388 g/mol. The van der Waals surface area contributed by atoms with Crippen LogP contribution in [0, 0.1) is 13.8 Å². The normalized spacial score (nSPS) is 23.3. The van der Waals surface area contributed by atoms with E-state index in [-0.39, 0.29) is 12.0 Å². The minimum atomic E-state index is -0.486. The zero-order chi connectivity index (χ0) is 20.2. The molecule has 3 aromatic rings. The quantitative estimate of drug-likeness (QED) is 0.621. The molecule has 0 radical (unpaired) electrons. The van der Waals surface area contributed by atoms with Crippen LogP contribution in [-0.4, -0.2) is 32.3 Å². The van der Waals surface area contributed by atoms with Gasteiger partial charge < -0.3 is 10.4 Å². The van der Waals surface area contributed by atoms with Crippen molar-refractivity contribution in [3.05, 3.63) is 53.3 Å². The van der Waals surface area contributed by atoms with Gasteiger partial charge in [-0.3, -0.25) is 9.89 Å². The van der Waals surface area contributed by atoms with E-state index in [4.69, 9.17) is 0 Å². The SMILES string of the molecule is Cc1nc(-c2ccc(C)c(-c3ccc4c(c3)NC(=O)C43CCC(O)CC3)c2)n[nH]1. The molecule has 2 aromatic carbocycles. The van der Waals surface area contributed by atoms with Crippen molar-refractivity contribution in [2.75, 3.05) is 5.32 Å². The van der Waals surface area contributed by atoms with Crippen LogP contribution in [0.5, 0.6) is 0 Å². The Labute approximate surface area is 169 Å². The van der Waals surface area contributed by atoms with Crippen LogP contribution in [0.25, 0.3) is 22.5 Å². The number of aromatic amines is 1. The predicted molar refractivity (Wildman–Crippen MR) is 112 cm³/mol. The summed E-state index contributed by atoms with van der Waals surface area (Å²) in [7, 11) is 0. The number of aliphatic hydroxyl groups is 1. The molecule has 2 aliphatic rings. The van der Waals surface area contributed by atoms with Gasteiger partial charge in [0.05, 0.1) is 11.5 Å². The molecule has 148 valence electrons. The molecule has 1 saturated carbocycles. The molecule has 1 amide bonds. The maximum atomic E-state index is 12.9. The number of aryl methyl sites for hydroxylation is 2. The van der Waals surface area contributed by atoms with Gasteiger partial charge in [0.25, 0.3) is 0 Å². The zero-order valence-electron chi connectivity index (χ0n) is 16.6. The molecular weight excluding hydrogens is 364 g/mol. The summed E-state index contributed by atoms with van der Waals surface area (Å²) in [4.78, 5) is 17.3. The van der Waals surface area contributed by atoms with Crippen LogP contribution in [0.3, 0.4) is 0 Å². The minimum Gasteiger partial charge on any atom is -0.393 e. The van der Waals surface area contributed by atoms with Crippen LogP contribution in [0.1, 0.15) is 42.6 Å². The molecule has 1 aromatic heterocycles. The molecule has 6 heteroatoms. The van der Waals surface area contributed by atoms with Crippen molar-refractivity contribution in [3.63, 3.8) is 0 Å². The Bertz CT molecular complexity index is 1110. The molecular formula is C23H24N4O2. The number of aromatic nitrogens is 3. The first-order chi connectivity index (χ1) is 14.0. The maximum Gasteiger partial charge on any atom is 0.235 e. The summed E-state index contributed by atoms with van der Waals surface area (Å²) in [5.74, 6) is 1.53.